The van der Waals surface area contributed by atoms with Crippen molar-refractivity contribution in [3.05, 3.63) is 36.0 Å². The molecule has 1 aromatic heterocycles. The number of hydrogen-bond acceptors (Lipinski definition) is 6. The van der Waals surface area contributed by atoms with Gasteiger partial charge in [0.05, 0.1) is 17.2 Å². The van der Waals surface area contributed by atoms with E-state index in [2.05, 4.69) is 15.5 Å². The molecule has 0 aliphatic rings. The largest absolute Gasteiger partial charge is 0.415 e. The summed E-state index contributed by atoms with van der Waals surface area (Å²) in [5, 5.41) is 10.5. The van der Waals surface area contributed by atoms with E-state index in [-0.39, 0.29) is 17.3 Å². The fourth-order valence-corrected chi connectivity index (χ4v) is 2.30. The topological polar surface area (TPSA) is 68.0 Å². The van der Waals surface area contributed by atoms with Gasteiger partial charge in [-0.1, -0.05) is 23.9 Å². The molecular weight excluding hydrogens is 301 g/mol. The molecular formula is C12H12FN3O2S2. The van der Waals surface area contributed by atoms with E-state index in [1.54, 1.807) is 23.9 Å². The quantitative estimate of drug-likeness (QED) is 0.827. The average Bonchev–Trinajstić information content (AvgIpc) is 2.87. The predicted molar refractivity (Wildman–Crippen MR) is 77.3 cm³/mol. The van der Waals surface area contributed by atoms with Crippen LogP contribution in [0.1, 0.15) is 5.89 Å². The molecule has 1 aromatic carbocycles. The van der Waals surface area contributed by atoms with Gasteiger partial charge in [-0.2, -0.15) is 11.8 Å². The summed E-state index contributed by atoms with van der Waals surface area (Å²) in [4.78, 5) is 11.7. The van der Waals surface area contributed by atoms with E-state index >= 15 is 0 Å². The summed E-state index contributed by atoms with van der Waals surface area (Å²) in [6.07, 6.45) is 1.93. The Morgan fingerprint density at radius 3 is 2.95 bits per heavy atom. The van der Waals surface area contributed by atoms with Gasteiger partial charge in [0, 0.05) is 0 Å². The smallest absolute Gasteiger partial charge is 0.277 e. The number of thioether (sulfide) groups is 2. The van der Waals surface area contributed by atoms with Crippen LogP contribution >= 0.6 is 23.5 Å². The predicted octanol–water partition coefficient (Wildman–Crippen LogP) is 2.80. The molecule has 1 N–H and O–H groups in total. The monoisotopic (exact) mass is 313 g/mol. The fraction of sp³-hybridized carbons (Fsp3) is 0.250. The van der Waals surface area contributed by atoms with Crippen LogP contribution in [0.15, 0.2) is 33.9 Å². The Labute approximate surface area is 123 Å². The van der Waals surface area contributed by atoms with Gasteiger partial charge in [-0.3, -0.25) is 4.79 Å². The van der Waals surface area contributed by atoms with E-state index in [4.69, 9.17) is 4.42 Å². The lowest BCUT2D eigenvalue weighted by molar-refractivity contribution is -0.113. The number of rotatable bonds is 6. The van der Waals surface area contributed by atoms with Crippen LogP contribution in [0.2, 0.25) is 0 Å². The maximum absolute atomic E-state index is 13.3. The molecule has 5 nitrogen and oxygen atoms in total. The third-order valence-corrected chi connectivity index (χ3v) is 3.54. The number of nitrogens with one attached hydrogen (secondary N) is 1. The number of carbonyl (C=O) groups excluding carboxylic acids is 1. The maximum Gasteiger partial charge on any atom is 0.277 e. The van der Waals surface area contributed by atoms with Crippen molar-refractivity contribution in [2.75, 3.05) is 17.3 Å². The van der Waals surface area contributed by atoms with E-state index in [1.807, 2.05) is 6.26 Å². The molecule has 106 valence electrons. The van der Waals surface area contributed by atoms with Gasteiger partial charge in [0.1, 0.15) is 5.82 Å². The molecule has 0 spiro atoms. The summed E-state index contributed by atoms with van der Waals surface area (Å²) in [6, 6.07) is 6.00. The first-order valence-electron chi connectivity index (χ1n) is 5.67. The highest BCUT2D eigenvalue weighted by Gasteiger charge is 2.10. The van der Waals surface area contributed by atoms with Crippen molar-refractivity contribution in [2.24, 2.45) is 0 Å². The summed E-state index contributed by atoms with van der Waals surface area (Å²) in [5.74, 6) is 0.439. The third-order valence-electron chi connectivity index (χ3n) is 2.19. The third kappa shape index (κ3) is 4.24. The molecule has 0 atom stereocenters. The highest BCUT2D eigenvalue weighted by Crippen LogP contribution is 2.19. The van der Waals surface area contributed by atoms with Crippen molar-refractivity contribution < 1.29 is 13.6 Å². The number of aromatic nitrogens is 2. The number of nitrogens with zero attached hydrogens (tertiary/aromatic N) is 2. The normalized spacial score (nSPS) is 10.5. The number of benzene rings is 1. The lowest BCUT2D eigenvalue weighted by Gasteiger charge is -2.04. The SMILES string of the molecule is CSCc1nnc(SCC(=O)Nc2ccccc2F)o1. The Balaban J connectivity index is 1.84. The van der Waals surface area contributed by atoms with Crippen LogP contribution in [0.4, 0.5) is 10.1 Å². The zero-order valence-electron chi connectivity index (χ0n) is 10.6. The van der Waals surface area contributed by atoms with Gasteiger partial charge in [-0.25, -0.2) is 4.39 Å². The van der Waals surface area contributed by atoms with Gasteiger partial charge < -0.3 is 9.73 Å². The summed E-state index contributed by atoms with van der Waals surface area (Å²) >= 11 is 2.69. The number of anilines is 1. The molecule has 2 rings (SSSR count). The lowest BCUT2D eigenvalue weighted by Crippen LogP contribution is -2.14. The first-order chi connectivity index (χ1) is 9.69. The number of para-hydroxylation sites is 1. The van der Waals surface area contributed by atoms with Gasteiger partial charge in [-0.15, -0.1) is 10.2 Å². The van der Waals surface area contributed by atoms with Crippen LogP contribution in [0.25, 0.3) is 0 Å². The number of carbonyl (C=O) groups is 1. The van der Waals surface area contributed by atoms with Gasteiger partial charge in [0.2, 0.25) is 11.8 Å². The van der Waals surface area contributed by atoms with Crippen molar-refractivity contribution in [2.45, 2.75) is 11.0 Å². The Morgan fingerprint density at radius 1 is 1.40 bits per heavy atom. The van der Waals surface area contributed by atoms with Crippen molar-refractivity contribution >= 4 is 35.1 Å². The minimum atomic E-state index is -0.467. The van der Waals surface area contributed by atoms with Gasteiger partial charge >= 0.3 is 0 Å². The molecule has 2 aromatic rings. The summed E-state index contributed by atoms with van der Waals surface area (Å²) in [6.45, 7) is 0. The van der Waals surface area contributed by atoms with Crippen LogP contribution < -0.4 is 5.32 Å². The molecule has 0 radical (unpaired) electrons. The second kappa shape index (κ2) is 7.30. The first-order valence-corrected chi connectivity index (χ1v) is 8.05. The van der Waals surface area contributed by atoms with Gasteiger partial charge in [-0.05, 0) is 18.4 Å². The van der Waals surface area contributed by atoms with E-state index < -0.39 is 5.82 Å². The minimum absolute atomic E-state index is 0.0786. The highest BCUT2D eigenvalue weighted by atomic mass is 32.2. The van der Waals surface area contributed by atoms with Crippen molar-refractivity contribution in [1.29, 1.82) is 0 Å². The van der Waals surface area contributed by atoms with E-state index in [9.17, 15) is 9.18 Å². The van der Waals surface area contributed by atoms with Crippen LogP contribution in [0.5, 0.6) is 0 Å². The average molecular weight is 313 g/mol. The molecule has 0 saturated carbocycles. The molecule has 0 aliphatic carbocycles. The number of amides is 1. The zero-order valence-corrected chi connectivity index (χ0v) is 12.3. The molecule has 0 fully saturated rings. The fourth-order valence-electron chi connectivity index (χ4n) is 1.35. The Hall–Kier alpha value is -1.54. The molecule has 0 bridgehead atoms. The molecule has 8 heteroatoms. The molecule has 1 amide bonds. The van der Waals surface area contributed by atoms with Gasteiger partial charge in [0.25, 0.3) is 5.22 Å². The molecule has 20 heavy (non-hydrogen) atoms. The summed E-state index contributed by atoms with van der Waals surface area (Å²) in [7, 11) is 0. The van der Waals surface area contributed by atoms with Crippen LogP contribution in [-0.2, 0) is 10.5 Å². The van der Waals surface area contributed by atoms with Crippen LogP contribution in [0.3, 0.4) is 0 Å². The second-order valence-electron chi connectivity index (χ2n) is 3.71. The van der Waals surface area contributed by atoms with Crippen molar-refractivity contribution in [3.63, 3.8) is 0 Å². The summed E-state index contributed by atoms with van der Waals surface area (Å²) < 4.78 is 18.7. The standard InChI is InChI=1S/C12H12FN3O2S2/c1-19-7-11-15-16-12(18-11)20-6-10(17)14-9-5-3-2-4-8(9)13/h2-5H,6-7H2,1H3,(H,14,17). The van der Waals surface area contributed by atoms with Crippen LogP contribution in [0, 0.1) is 5.82 Å². The minimum Gasteiger partial charge on any atom is -0.415 e. The van der Waals surface area contributed by atoms with E-state index in [0.29, 0.717) is 16.9 Å². The Kier molecular flexibility index (Phi) is 5.42. The molecule has 0 saturated heterocycles. The van der Waals surface area contributed by atoms with Crippen LogP contribution in [-0.4, -0.2) is 28.1 Å². The second-order valence-corrected chi connectivity index (χ2v) is 5.50. The lowest BCUT2D eigenvalue weighted by atomic mass is 10.3. The Morgan fingerprint density at radius 2 is 2.20 bits per heavy atom. The number of hydrogen-bond donors (Lipinski definition) is 1. The summed E-state index contributed by atoms with van der Waals surface area (Å²) in [5.41, 5.74) is 0.159. The first kappa shape index (κ1) is 14.9. The number of halogens is 1. The van der Waals surface area contributed by atoms with E-state index in [0.717, 1.165) is 11.8 Å². The highest BCUT2D eigenvalue weighted by molar-refractivity contribution is 7.99. The van der Waals surface area contributed by atoms with E-state index in [1.165, 1.54) is 12.1 Å². The molecule has 0 aliphatic heterocycles. The van der Waals surface area contributed by atoms with Gasteiger partial charge in [0.15, 0.2) is 0 Å². The van der Waals surface area contributed by atoms with Crippen molar-refractivity contribution in [3.8, 4) is 0 Å². The molecule has 0 unspecified atom stereocenters. The zero-order chi connectivity index (χ0) is 14.4. The molecule has 1 heterocycles. The maximum atomic E-state index is 13.3. The van der Waals surface area contributed by atoms with Crippen molar-refractivity contribution in [1.82, 2.24) is 10.2 Å². The Bertz CT molecular complexity index is 592.